The van der Waals surface area contributed by atoms with E-state index in [1.165, 1.54) is 19.3 Å². The van der Waals surface area contributed by atoms with Crippen molar-refractivity contribution >= 4 is 23.3 Å². The van der Waals surface area contributed by atoms with Gasteiger partial charge >= 0.3 is 6.03 Å². The molecule has 1 heterocycles. The average molecular weight is 293 g/mol. The lowest BCUT2D eigenvalue weighted by atomic mass is 9.85. The van der Waals surface area contributed by atoms with Gasteiger partial charge in [-0.2, -0.15) is 0 Å². The number of halogens is 1. The largest absolute Gasteiger partial charge is 0.322 e. The monoisotopic (exact) mass is 292 g/mol. The molecule has 0 aromatic heterocycles. The van der Waals surface area contributed by atoms with Crippen molar-refractivity contribution in [2.45, 2.75) is 51.1 Å². The second-order valence-electron chi connectivity index (χ2n) is 6.04. The third kappa shape index (κ3) is 2.64. The number of likely N-dealkylation sites (tertiary alicyclic amines) is 1. The van der Waals surface area contributed by atoms with E-state index in [9.17, 15) is 4.79 Å². The molecule has 2 amide bonds. The molecule has 0 unspecified atom stereocenters. The molecule has 0 radical (unpaired) electrons. The standard InChI is InChI=1S/C16H21ClN2O/c1-11-10-12-4-2-3-5-15(12)19(11)16(20)18-14-8-6-13(17)7-9-14/h6-9,11-12,15H,2-5,10H2,1H3,(H,18,20)/t11-,12+,15-/m1/s1. The number of carbonyl (C=O) groups excluding carboxylic acids is 1. The maximum Gasteiger partial charge on any atom is 0.322 e. The van der Waals surface area contributed by atoms with E-state index >= 15 is 0 Å². The van der Waals surface area contributed by atoms with Gasteiger partial charge in [-0.15, -0.1) is 0 Å². The van der Waals surface area contributed by atoms with Crippen LogP contribution in [0.1, 0.15) is 39.0 Å². The average Bonchev–Trinajstić information content (AvgIpc) is 2.77. The molecule has 3 rings (SSSR count). The molecule has 1 aromatic carbocycles. The fourth-order valence-electron chi connectivity index (χ4n) is 3.78. The van der Waals surface area contributed by atoms with Gasteiger partial charge < -0.3 is 10.2 Å². The molecule has 1 saturated carbocycles. The Hall–Kier alpha value is -1.22. The summed E-state index contributed by atoms with van der Waals surface area (Å²) in [4.78, 5) is 14.6. The highest BCUT2D eigenvalue weighted by Crippen LogP contribution is 2.39. The summed E-state index contributed by atoms with van der Waals surface area (Å²) >= 11 is 5.87. The number of anilines is 1. The molecule has 1 aromatic rings. The zero-order valence-corrected chi connectivity index (χ0v) is 12.6. The Balaban J connectivity index is 1.71. The van der Waals surface area contributed by atoms with Crippen LogP contribution in [0.5, 0.6) is 0 Å². The molecule has 3 atom stereocenters. The number of hydrogen-bond donors (Lipinski definition) is 1. The highest BCUT2D eigenvalue weighted by atomic mass is 35.5. The molecule has 2 fully saturated rings. The Morgan fingerprint density at radius 2 is 1.95 bits per heavy atom. The topological polar surface area (TPSA) is 32.3 Å². The summed E-state index contributed by atoms with van der Waals surface area (Å²) in [5.74, 6) is 0.703. The van der Waals surface area contributed by atoms with Crippen molar-refractivity contribution in [2.24, 2.45) is 5.92 Å². The Morgan fingerprint density at radius 1 is 1.25 bits per heavy atom. The van der Waals surface area contributed by atoms with Crippen molar-refractivity contribution in [1.29, 1.82) is 0 Å². The van der Waals surface area contributed by atoms with E-state index in [0.717, 1.165) is 18.5 Å². The van der Waals surface area contributed by atoms with Crippen molar-refractivity contribution < 1.29 is 4.79 Å². The summed E-state index contributed by atoms with van der Waals surface area (Å²) in [6.07, 6.45) is 6.15. The second-order valence-corrected chi connectivity index (χ2v) is 6.48. The number of fused-ring (bicyclic) bond motifs is 1. The van der Waals surface area contributed by atoms with Gasteiger partial charge in [-0.25, -0.2) is 4.79 Å². The maximum absolute atomic E-state index is 12.5. The van der Waals surface area contributed by atoms with E-state index in [0.29, 0.717) is 23.0 Å². The van der Waals surface area contributed by atoms with E-state index in [2.05, 4.69) is 17.1 Å². The van der Waals surface area contributed by atoms with Crippen LogP contribution in [-0.2, 0) is 0 Å². The lowest BCUT2D eigenvalue weighted by Crippen LogP contribution is -2.44. The number of nitrogens with one attached hydrogen (secondary N) is 1. The normalized spacial score (nSPS) is 29.1. The third-order valence-corrected chi connectivity index (χ3v) is 4.93. The van der Waals surface area contributed by atoms with E-state index in [1.54, 1.807) is 12.1 Å². The minimum absolute atomic E-state index is 0.0363. The van der Waals surface area contributed by atoms with Crippen molar-refractivity contribution in [3.05, 3.63) is 29.3 Å². The van der Waals surface area contributed by atoms with Crippen LogP contribution in [0.25, 0.3) is 0 Å². The van der Waals surface area contributed by atoms with Gasteiger partial charge in [-0.05, 0) is 56.4 Å². The summed E-state index contributed by atoms with van der Waals surface area (Å²) in [6.45, 7) is 2.17. The minimum Gasteiger partial charge on any atom is -0.319 e. The highest BCUT2D eigenvalue weighted by Gasteiger charge is 2.42. The zero-order valence-electron chi connectivity index (χ0n) is 11.8. The first-order valence-electron chi connectivity index (χ1n) is 7.50. The van der Waals surface area contributed by atoms with Crippen LogP contribution in [0.4, 0.5) is 10.5 Å². The van der Waals surface area contributed by atoms with E-state index in [1.807, 2.05) is 12.1 Å². The van der Waals surface area contributed by atoms with Gasteiger partial charge in [0, 0.05) is 22.8 Å². The summed E-state index contributed by atoms with van der Waals surface area (Å²) < 4.78 is 0. The first-order valence-corrected chi connectivity index (χ1v) is 7.88. The number of benzene rings is 1. The first-order chi connectivity index (χ1) is 9.65. The molecule has 2 aliphatic rings. The number of urea groups is 1. The van der Waals surface area contributed by atoms with Crippen LogP contribution in [0.3, 0.4) is 0 Å². The first kappa shape index (κ1) is 13.7. The van der Waals surface area contributed by atoms with Gasteiger partial charge in [0.05, 0.1) is 0 Å². The van der Waals surface area contributed by atoms with Crippen LogP contribution >= 0.6 is 11.6 Å². The summed E-state index contributed by atoms with van der Waals surface area (Å²) in [5, 5.41) is 3.69. The van der Waals surface area contributed by atoms with Gasteiger partial charge in [-0.1, -0.05) is 24.4 Å². The predicted octanol–water partition coefficient (Wildman–Crippen LogP) is 4.52. The molecule has 4 heteroatoms. The van der Waals surface area contributed by atoms with Crippen molar-refractivity contribution in [2.75, 3.05) is 5.32 Å². The van der Waals surface area contributed by atoms with Crippen LogP contribution in [-0.4, -0.2) is 23.0 Å². The molecular weight excluding hydrogens is 272 g/mol. The fraction of sp³-hybridized carbons (Fsp3) is 0.562. The van der Waals surface area contributed by atoms with Gasteiger partial charge in [0.2, 0.25) is 0 Å². The van der Waals surface area contributed by atoms with E-state index in [4.69, 9.17) is 11.6 Å². The zero-order chi connectivity index (χ0) is 14.1. The lowest BCUT2D eigenvalue weighted by molar-refractivity contribution is 0.168. The molecule has 1 aliphatic carbocycles. The highest BCUT2D eigenvalue weighted by molar-refractivity contribution is 6.30. The van der Waals surface area contributed by atoms with Crippen LogP contribution in [0.15, 0.2) is 24.3 Å². The van der Waals surface area contributed by atoms with Crippen molar-refractivity contribution in [3.8, 4) is 0 Å². The molecule has 1 N–H and O–H groups in total. The molecule has 0 spiro atoms. The molecule has 108 valence electrons. The molecule has 1 aliphatic heterocycles. The molecule has 1 saturated heterocycles. The minimum atomic E-state index is 0.0363. The number of hydrogen-bond acceptors (Lipinski definition) is 1. The Labute approximate surface area is 125 Å². The summed E-state index contributed by atoms with van der Waals surface area (Å²) in [7, 11) is 0. The molecule has 20 heavy (non-hydrogen) atoms. The van der Waals surface area contributed by atoms with Gasteiger partial charge in [0.25, 0.3) is 0 Å². The number of amides is 2. The van der Waals surface area contributed by atoms with E-state index < -0.39 is 0 Å². The molecule has 0 bridgehead atoms. The lowest BCUT2D eigenvalue weighted by Gasteiger charge is -2.33. The Morgan fingerprint density at radius 3 is 2.70 bits per heavy atom. The van der Waals surface area contributed by atoms with Crippen LogP contribution in [0, 0.1) is 5.92 Å². The predicted molar refractivity (Wildman–Crippen MR) is 82.1 cm³/mol. The quantitative estimate of drug-likeness (QED) is 0.810. The van der Waals surface area contributed by atoms with E-state index in [-0.39, 0.29) is 6.03 Å². The smallest absolute Gasteiger partial charge is 0.319 e. The number of rotatable bonds is 1. The number of carbonyl (C=O) groups is 1. The van der Waals surface area contributed by atoms with Crippen molar-refractivity contribution in [3.63, 3.8) is 0 Å². The maximum atomic E-state index is 12.5. The molecule has 3 nitrogen and oxygen atoms in total. The second kappa shape index (κ2) is 5.65. The Bertz CT molecular complexity index is 488. The van der Waals surface area contributed by atoms with Crippen molar-refractivity contribution in [1.82, 2.24) is 4.90 Å². The SMILES string of the molecule is C[C@@H]1C[C@@H]2CCCC[C@H]2N1C(=O)Nc1ccc(Cl)cc1. The fourth-order valence-corrected chi connectivity index (χ4v) is 3.91. The summed E-state index contributed by atoms with van der Waals surface area (Å²) in [6, 6.07) is 8.11. The number of nitrogens with zero attached hydrogens (tertiary/aromatic N) is 1. The molecular formula is C16H21ClN2O. The Kier molecular flexibility index (Phi) is 3.88. The van der Waals surface area contributed by atoms with Gasteiger partial charge in [0.1, 0.15) is 0 Å². The van der Waals surface area contributed by atoms with Gasteiger partial charge in [0.15, 0.2) is 0 Å². The van der Waals surface area contributed by atoms with Crippen LogP contribution < -0.4 is 5.32 Å². The third-order valence-electron chi connectivity index (χ3n) is 4.67. The van der Waals surface area contributed by atoms with Crippen LogP contribution in [0.2, 0.25) is 5.02 Å². The van der Waals surface area contributed by atoms with Gasteiger partial charge in [-0.3, -0.25) is 0 Å². The summed E-state index contributed by atoms with van der Waals surface area (Å²) in [5.41, 5.74) is 0.811.